The van der Waals surface area contributed by atoms with Crippen LogP contribution in [0.5, 0.6) is 5.75 Å². The lowest BCUT2D eigenvalue weighted by Crippen LogP contribution is -2.12. The molecule has 60 heavy (non-hydrogen) atoms. The molecule has 0 aliphatic carbocycles. The fourth-order valence-electron chi connectivity index (χ4n) is 6.07. The molecule has 15 heteroatoms. The Morgan fingerprint density at radius 2 is 0.983 bits per heavy atom. The number of hydrogen-bond donors (Lipinski definition) is 2. The molecule has 7 rings (SSSR count). The third-order valence-corrected chi connectivity index (χ3v) is 13.5. The van der Waals surface area contributed by atoms with Crippen molar-refractivity contribution in [2.75, 3.05) is 51.7 Å². The zero-order valence-corrected chi connectivity index (χ0v) is 35.2. The molecule has 0 spiro atoms. The van der Waals surface area contributed by atoms with Gasteiger partial charge in [0.1, 0.15) is 35.6 Å². The maximum atomic E-state index is 11.3. The van der Waals surface area contributed by atoms with Crippen molar-refractivity contribution in [1.29, 1.82) is 10.5 Å². The molecule has 3 aromatic carbocycles. The average molecular weight is 874 g/mol. The number of methoxy groups -OCH3 is 1. The van der Waals surface area contributed by atoms with Crippen molar-refractivity contribution in [3.63, 3.8) is 0 Å². The van der Waals surface area contributed by atoms with Crippen LogP contribution in [0, 0.1) is 22.7 Å². The number of anilines is 3. The standard InChI is InChI=1S/C45H35N3O8S4/c1-53-14-15-54-16-17-55-18-19-56-35-12-10-34(11-13-35)48(32-6-2-28(3-7-32)38-24-42-40(59-38)22-36(57-42)20-30(26-46)44(49)50)33-8-4-29(5-9-33)39-25-43-41(60-39)23-37(58-43)21-31(27-47)45(51)52/h2-13,20-25H,14-19H2,1H3,(H,49,50)(H,51,52)/b30-20+,31-21+. The van der Waals surface area contributed by atoms with Gasteiger partial charge in [0.25, 0.3) is 0 Å². The van der Waals surface area contributed by atoms with Gasteiger partial charge in [-0.1, -0.05) is 24.3 Å². The van der Waals surface area contributed by atoms with E-state index in [1.165, 1.54) is 34.8 Å². The molecule has 302 valence electrons. The minimum atomic E-state index is -1.25. The van der Waals surface area contributed by atoms with Crippen molar-refractivity contribution in [3.05, 3.63) is 118 Å². The summed E-state index contributed by atoms with van der Waals surface area (Å²) in [5.74, 6) is -1.77. The van der Waals surface area contributed by atoms with Crippen LogP contribution in [0.25, 0.3) is 51.8 Å². The minimum absolute atomic E-state index is 0.298. The highest BCUT2D eigenvalue weighted by molar-refractivity contribution is 7.30. The van der Waals surface area contributed by atoms with Crippen LogP contribution in [-0.4, -0.2) is 68.9 Å². The number of ether oxygens (including phenoxy) is 4. The molecule has 0 aliphatic heterocycles. The normalized spacial score (nSPS) is 11.8. The number of carboxylic acids is 2. The van der Waals surface area contributed by atoms with Gasteiger partial charge in [0.15, 0.2) is 0 Å². The number of benzene rings is 3. The molecule has 2 N–H and O–H groups in total. The monoisotopic (exact) mass is 873 g/mol. The number of thiophene rings is 4. The number of nitriles is 2. The topological polar surface area (TPSA) is 162 Å². The van der Waals surface area contributed by atoms with E-state index < -0.39 is 11.9 Å². The fourth-order valence-corrected chi connectivity index (χ4v) is 10.8. The largest absolute Gasteiger partial charge is 0.491 e. The van der Waals surface area contributed by atoms with Crippen LogP contribution in [-0.2, 0) is 23.8 Å². The van der Waals surface area contributed by atoms with Crippen LogP contribution >= 0.6 is 45.3 Å². The number of nitrogens with zero attached hydrogens (tertiary/aromatic N) is 3. The number of rotatable bonds is 19. The van der Waals surface area contributed by atoms with E-state index in [2.05, 4.69) is 65.6 Å². The van der Waals surface area contributed by atoms with Gasteiger partial charge in [-0.05, 0) is 96.1 Å². The van der Waals surface area contributed by atoms with E-state index in [1.54, 1.807) is 41.9 Å². The summed E-state index contributed by atoms with van der Waals surface area (Å²) in [6.45, 7) is 2.87. The molecule has 0 saturated heterocycles. The van der Waals surface area contributed by atoms with Crippen molar-refractivity contribution < 1.29 is 38.7 Å². The van der Waals surface area contributed by atoms with Gasteiger partial charge in [0, 0.05) is 62.5 Å². The van der Waals surface area contributed by atoms with Crippen LogP contribution in [0.15, 0.2) is 108 Å². The second-order valence-corrected chi connectivity index (χ2v) is 17.3. The van der Waals surface area contributed by atoms with Crippen molar-refractivity contribution in [1.82, 2.24) is 0 Å². The summed E-state index contributed by atoms with van der Waals surface area (Å²) in [6.07, 6.45) is 2.81. The fraction of sp³-hybridized carbons (Fsp3) is 0.156. The average Bonchev–Trinajstić information content (AvgIpc) is 4.03. The zero-order valence-electron chi connectivity index (χ0n) is 32.0. The lowest BCUT2D eigenvalue weighted by Gasteiger charge is -2.26. The summed E-state index contributed by atoms with van der Waals surface area (Å²) in [6, 6.07) is 36.1. The van der Waals surface area contributed by atoms with Crippen LogP contribution in [0.1, 0.15) is 9.75 Å². The predicted molar refractivity (Wildman–Crippen MR) is 240 cm³/mol. The van der Waals surface area contributed by atoms with Gasteiger partial charge in [-0.2, -0.15) is 10.5 Å². The highest BCUT2D eigenvalue weighted by Gasteiger charge is 2.17. The van der Waals surface area contributed by atoms with Crippen molar-refractivity contribution >= 4 is 105 Å². The summed E-state index contributed by atoms with van der Waals surface area (Å²) in [5, 5.41) is 36.8. The summed E-state index contributed by atoms with van der Waals surface area (Å²) < 4.78 is 26.1. The molecular formula is C45H35N3O8S4. The number of fused-ring (bicyclic) bond motifs is 2. The quantitative estimate of drug-likeness (QED) is 0.0452. The van der Waals surface area contributed by atoms with Gasteiger partial charge in [-0.3, -0.25) is 0 Å². The number of carboxylic acid groups (broad SMARTS) is 2. The zero-order chi connectivity index (χ0) is 42.0. The van der Waals surface area contributed by atoms with Crippen molar-refractivity contribution in [2.24, 2.45) is 0 Å². The van der Waals surface area contributed by atoms with Gasteiger partial charge in [0.05, 0.1) is 33.0 Å². The Morgan fingerprint density at radius 3 is 1.38 bits per heavy atom. The Morgan fingerprint density at radius 1 is 0.583 bits per heavy atom. The molecule has 0 unspecified atom stereocenters. The maximum absolute atomic E-state index is 11.3. The molecule has 4 heterocycles. The van der Waals surface area contributed by atoms with E-state index in [0.29, 0.717) is 39.6 Å². The van der Waals surface area contributed by atoms with Gasteiger partial charge in [-0.15, -0.1) is 45.3 Å². The summed E-state index contributed by atoms with van der Waals surface area (Å²) >= 11 is 6.12. The lowest BCUT2D eigenvalue weighted by molar-refractivity contribution is -0.133. The molecule has 0 saturated carbocycles. The van der Waals surface area contributed by atoms with E-state index in [0.717, 1.165) is 72.2 Å². The molecule has 0 radical (unpaired) electrons. The highest BCUT2D eigenvalue weighted by atomic mass is 32.1. The minimum Gasteiger partial charge on any atom is -0.491 e. The Bertz CT molecular complexity index is 2540. The second-order valence-electron chi connectivity index (χ2n) is 12.9. The third kappa shape index (κ3) is 10.2. The SMILES string of the molecule is COCCOCCOCCOc1ccc(N(c2ccc(-c3cc4sc(/C=C(\C#N)C(=O)O)cc4s3)cc2)c2ccc(-c3cc4sc(/C=C(\C#N)C(=O)O)cc4s3)cc2)cc1. The first kappa shape index (κ1) is 42.0. The Labute approximate surface area is 361 Å². The van der Waals surface area contributed by atoms with Crippen LogP contribution < -0.4 is 9.64 Å². The molecule has 4 aromatic heterocycles. The number of hydrogen-bond acceptors (Lipinski definition) is 13. The highest BCUT2D eigenvalue weighted by Crippen LogP contribution is 2.43. The first-order chi connectivity index (χ1) is 29.2. The van der Waals surface area contributed by atoms with E-state index in [1.807, 2.05) is 36.4 Å². The van der Waals surface area contributed by atoms with Crippen LogP contribution in [0.4, 0.5) is 17.1 Å². The summed E-state index contributed by atoms with van der Waals surface area (Å²) in [5.41, 5.74) is 4.30. The second kappa shape index (κ2) is 19.7. The van der Waals surface area contributed by atoms with Crippen molar-refractivity contribution in [2.45, 2.75) is 0 Å². The van der Waals surface area contributed by atoms with Gasteiger partial charge < -0.3 is 34.1 Å². The Balaban J connectivity index is 1.11. The van der Waals surface area contributed by atoms with E-state index >= 15 is 0 Å². The van der Waals surface area contributed by atoms with E-state index in [9.17, 15) is 19.8 Å². The summed E-state index contributed by atoms with van der Waals surface area (Å²) in [7, 11) is 1.63. The number of carbonyl (C=O) groups is 2. The van der Waals surface area contributed by atoms with Gasteiger partial charge >= 0.3 is 11.9 Å². The number of aliphatic carboxylic acids is 2. The molecule has 0 bridgehead atoms. The Hall–Kier alpha value is -6.14. The van der Waals surface area contributed by atoms with E-state index in [4.69, 9.17) is 29.5 Å². The molecular weight excluding hydrogens is 839 g/mol. The van der Waals surface area contributed by atoms with Gasteiger partial charge in [-0.25, -0.2) is 9.59 Å². The first-order valence-corrected chi connectivity index (χ1v) is 21.6. The van der Waals surface area contributed by atoms with Crippen LogP contribution in [0.3, 0.4) is 0 Å². The molecule has 0 fully saturated rings. The molecule has 0 aliphatic rings. The van der Waals surface area contributed by atoms with Gasteiger partial charge in [0.2, 0.25) is 0 Å². The Kier molecular flexibility index (Phi) is 13.8. The molecule has 11 nitrogen and oxygen atoms in total. The predicted octanol–water partition coefficient (Wildman–Crippen LogP) is 11.1. The first-order valence-electron chi connectivity index (χ1n) is 18.4. The lowest BCUT2D eigenvalue weighted by atomic mass is 10.1. The smallest absolute Gasteiger partial charge is 0.346 e. The third-order valence-electron chi connectivity index (χ3n) is 8.94. The molecule has 7 aromatic rings. The molecule has 0 amide bonds. The van der Waals surface area contributed by atoms with Crippen molar-refractivity contribution in [3.8, 4) is 38.8 Å². The van der Waals surface area contributed by atoms with Crippen LogP contribution in [0.2, 0.25) is 0 Å². The maximum Gasteiger partial charge on any atom is 0.346 e. The van der Waals surface area contributed by atoms with E-state index in [-0.39, 0.29) is 11.1 Å². The molecule has 0 atom stereocenters. The summed E-state index contributed by atoms with van der Waals surface area (Å²) in [4.78, 5) is 28.4.